The number of carbonyl (C=O) groups is 1. The summed E-state index contributed by atoms with van der Waals surface area (Å²) in [6.07, 6.45) is 2.81. The summed E-state index contributed by atoms with van der Waals surface area (Å²) in [4.78, 5) is 11.2. The Labute approximate surface area is 108 Å². The minimum absolute atomic E-state index is 0.155. The molecule has 3 rings (SSSR count). The molecule has 0 aromatic heterocycles. The molecule has 0 bridgehead atoms. The van der Waals surface area contributed by atoms with Crippen LogP contribution in [0.4, 0.5) is 0 Å². The number of benzene rings is 1. The summed E-state index contributed by atoms with van der Waals surface area (Å²) in [6.45, 7) is 3.53. The second-order valence-corrected chi connectivity index (χ2v) is 5.18. The van der Waals surface area contributed by atoms with Crippen LogP contribution < -0.4 is 10.1 Å². The summed E-state index contributed by atoms with van der Waals surface area (Å²) >= 11 is 0. The van der Waals surface area contributed by atoms with Gasteiger partial charge in [0.15, 0.2) is 0 Å². The third-order valence-corrected chi connectivity index (χ3v) is 3.98. The zero-order chi connectivity index (χ0) is 12.5. The smallest absolute Gasteiger partial charge is 0.219 e. The molecule has 0 saturated heterocycles. The van der Waals surface area contributed by atoms with Gasteiger partial charge in [-0.25, -0.2) is 0 Å². The molecule has 1 fully saturated rings. The third-order valence-electron chi connectivity index (χ3n) is 3.98. The molecule has 1 aromatic rings. The molecule has 2 aliphatic rings. The van der Waals surface area contributed by atoms with Gasteiger partial charge in [-0.3, -0.25) is 4.79 Å². The van der Waals surface area contributed by atoms with Gasteiger partial charge < -0.3 is 10.1 Å². The highest BCUT2D eigenvalue weighted by Gasteiger charge is 2.40. The SMILES string of the molecule is CCC(=O)NCC1C[C@@H]1c1cccc2c1CCO2. The van der Waals surface area contributed by atoms with Crippen molar-refractivity contribution >= 4 is 5.91 Å². The number of rotatable bonds is 4. The van der Waals surface area contributed by atoms with Crippen LogP contribution in [0, 0.1) is 5.92 Å². The van der Waals surface area contributed by atoms with Crippen molar-refractivity contribution in [3.8, 4) is 5.75 Å². The second-order valence-electron chi connectivity index (χ2n) is 5.18. The van der Waals surface area contributed by atoms with E-state index in [-0.39, 0.29) is 5.91 Å². The van der Waals surface area contributed by atoms with E-state index in [0.717, 1.165) is 25.3 Å². The van der Waals surface area contributed by atoms with Gasteiger partial charge in [0.1, 0.15) is 5.75 Å². The molecule has 96 valence electrons. The van der Waals surface area contributed by atoms with E-state index < -0.39 is 0 Å². The topological polar surface area (TPSA) is 38.3 Å². The van der Waals surface area contributed by atoms with Crippen molar-refractivity contribution in [2.75, 3.05) is 13.2 Å². The first-order chi connectivity index (χ1) is 8.79. The van der Waals surface area contributed by atoms with Crippen LogP contribution in [0.5, 0.6) is 5.75 Å². The Kier molecular flexibility index (Phi) is 2.98. The lowest BCUT2D eigenvalue weighted by molar-refractivity contribution is -0.120. The third kappa shape index (κ3) is 2.09. The molecule has 1 aliphatic carbocycles. The number of nitrogens with one attached hydrogen (secondary N) is 1. The molecule has 1 saturated carbocycles. The molecule has 1 amide bonds. The van der Waals surface area contributed by atoms with Gasteiger partial charge in [-0.2, -0.15) is 0 Å². The van der Waals surface area contributed by atoms with Crippen molar-refractivity contribution in [1.29, 1.82) is 0 Å². The standard InChI is InChI=1S/C15H19NO2/c1-2-15(17)16-9-10-8-13(10)11-4-3-5-14-12(11)6-7-18-14/h3-5,10,13H,2,6-9H2,1H3,(H,16,17)/t10?,13-/m0/s1. The highest BCUT2D eigenvalue weighted by Crippen LogP contribution is 2.50. The number of hydrogen-bond donors (Lipinski definition) is 1. The van der Waals surface area contributed by atoms with Crippen molar-refractivity contribution in [2.24, 2.45) is 5.92 Å². The average Bonchev–Trinajstić information content (AvgIpc) is 3.00. The molecule has 1 N–H and O–H groups in total. The normalized spacial score (nSPS) is 24.3. The molecule has 1 unspecified atom stereocenters. The number of ether oxygens (including phenoxy) is 1. The summed E-state index contributed by atoms with van der Waals surface area (Å²) in [5.41, 5.74) is 2.84. The molecule has 0 spiro atoms. The largest absolute Gasteiger partial charge is 0.493 e. The summed E-state index contributed by atoms with van der Waals surface area (Å²) < 4.78 is 5.60. The monoisotopic (exact) mass is 245 g/mol. The van der Waals surface area contributed by atoms with E-state index in [1.54, 1.807) is 0 Å². The summed E-state index contributed by atoms with van der Waals surface area (Å²) in [7, 11) is 0. The van der Waals surface area contributed by atoms with Crippen LogP contribution in [0.2, 0.25) is 0 Å². The molecule has 18 heavy (non-hydrogen) atoms. The lowest BCUT2D eigenvalue weighted by atomic mass is 10.00. The van der Waals surface area contributed by atoms with E-state index in [0.29, 0.717) is 18.3 Å². The van der Waals surface area contributed by atoms with Crippen LogP contribution >= 0.6 is 0 Å². The van der Waals surface area contributed by atoms with Crippen LogP contribution in [0.25, 0.3) is 0 Å². The molecule has 1 aromatic carbocycles. The lowest BCUT2D eigenvalue weighted by Crippen LogP contribution is -2.24. The van der Waals surface area contributed by atoms with Gasteiger partial charge in [0, 0.05) is 24.9 Å². The molecular weight excluding hydrogens is 226 g/mol. The number of carbonyl (C=O) groups excluding carboxylic acids is 1. The van der Waals surface area contributed by atoms with Gasteiger partial charge in [-0.15, -0.1) is 0 Å². The van der Waals surface area contributed by atoms with Crippen molar-refractivity contribution in [2.45, 2.75) is 32.1 Å². The number of fused-ring (bicyclic) bond motifs is 1. The van der Waals surface area contributed by atoms with Gasteiger partial charge in [0.25, 0.3) is 0 Å². The van der Waals surface area contributed by atoms with Gasteiger partial charge in [-0.1, -0.05) is 19.1 Å². The van der Waals surface area contributed by atoms with Crippen LogP contribution in [-0.4, -0.2) is 19.1 Å². The van der Waals surface area contributed by atoms with Crippen LogP contribution in [-0.2, 0) is 11.2 Å². The van der Waals surface area contributed by atoms with E-state index >= 15 is 0 Å². The fraction of sp³-hybridized carbons (Fsp3) is 0.533. The Balaban J connectivity index is 1.64. The Morgan fingerprint density at radius 1 is 1.50 bits per heavy atom. The summed E-state index contributed by atoms with van der Waals surface area (Å²) in [5, 5.41) is 2.99. The maximum absolute atomic E-state index is 11.2. The maximum Gasteiger partial charge on any atom is 0.219 e. The molecule has 0 radical (unpaired) electrons. The minimum atomic E-state index is 0.155. The molecule has 3 nitrogen and oxygen atoms in total. The van der Waals surface area contributed by atoms with Crippen molar-refractivity contribution in [3.63, 3.8) is 0 Å². The molecule has 2 atom stereocenters. The van der Waals surface area contributed by atoms with Crippen LogP contribution in [0.15, 0.2) is 18.2 Å². The van der Waals surface area contributed by atoms with E-state index in [4.69, 9.17) is 4.74 Å². The van der Waals surface area contributed by atoms with Crippen molar-refractivity contribution in [1.82, 2.24) is 5.32 Å². The fourth-order valence-corrected chi connectivity index (χ4v) is 2.82. The van der Waals surface area contributed by atoms with Crippen LogP contribution in [0.3, 0.4) is 0 Å². The summed E-state index contributed by atoms with van der Waals surface area (Å²) in [5.74, 6) is 2.46. The summed E-state index contributed by atoms with van der Waals surface area (Å²) in [6, 6.07) is 6.36. The van der Waals surface area contributed by atoms with Crippen molar-refractivity contribution in [3.05, 3.63) is 29.3 Å². The van der Waals surface area contributed by atoms with E-state index in [2.05, 4.69) is 23.5 Å². The van der Waals surface area contributed by atoms with Crippen LogP contribution in [0.1, 0.15) is 36.8 Å². The highest BCUT2D eigenvalue weighted by atomic mass is 16.5. The molecule has 1 heterocycles. The molecular formula is C15H19NO2. The zero-order valence-electron chi connectivity index (χ0n) is 10.7. The fourth-order valence-electron chi connectivity index (χ4n) is 2.82. The van der Waals surface area contributed by atoms with E-state index in [1.807, 2.05) is 6.92 Å². The average molecular weight is 245 g/mol. The number of hydrogen-bond acceptors (Lipinski definition) is 2. The maximum atomic E-state index is 11.2. The Hall–Kier alpha value is -1.51. The van der Waals surface area contributed by atoms with E-state index in [1.165, 1.54) is 17.5 Å². The molecule has 3 heteroatoms. The zero-order valence-corrected chi connectivity index (χ0v) is 10.7. The second kappa shape index (κ2) is 4.63. The van der Waals surface area contributed by atoms with E-state index in [9.17, 15) is 4.79 Å². The minimum Gasteiger partial charge on any atom is -0.493 e. The first kappa shape index (κ1) is 11.6. The number of amides is 1. The molecule has 1 aliphatic heterocycles. The van der Waals surface area contributed by atoms with Crippen molar-refractivity contribution < 1.29 is 9.53 Å². The lowest BCUT2D eigenvalue weighted by Gasteiger charge is -2.07. The quantitative estimate of drug-likeness (QED) is 0.883. The first-order valence-electron chi connectivity index (χ1n) is 6.81. The van der Waals surface area contributed by atoms with Gasteiger partial charge in [-0.05, 0) is 29.9 Å². The predicted octanol–water partition coefficient (Wildman–Crippen LogP) is 2.25. The Bertz CT molecular complexity index is 470. The highest BCUT2D eigenvalue weighted by molar-refractivity contribution is 5.75. The Morgan fingerprint density at radius 2 is 2.39 bits per heavy atom. The Morgan fingerprint density at radius 3 is 3.22 bits per heavy atom. The van der Waals surface area contributed by atoms with Gasteiger partial charge in [0.2, 0.25) is 5.91 Å². The first-order valence-corrected chi connectivity index (χ1v) is 6.81. The van der Waals surface area contributed by atoms with Gasteiger partial charge in [0.05, 0.1) is 6.61 Å². The predicted molar refractivity (Wildman–Crippen MR) is 69.8 cm³/mol. The van der Waals surface area contributed by atoms with Gasteiger partial charge >= 0.3 is 0 Å².